The van der Waals surface area contributed by atoms with Gasteiger partial charge in [0.25, 0.3) is 0 Å². The Morgan fingerprint density at radius 2 is 2.09 bits per heavy atom. The van der Waals surface area contributed by atoms with Crippen LogP contribution in [0.1, 0.15) is 39.4 Å². The van der Waals surface area contributed by atoms with E-state index in [9.17, 15) is 9.59 Å². The maximum absolute atomic E-state index is 12.0. The summed E-state index contributed by atoms with van der Waals surface area (Å²) in [4.78, 5) is 29.3. The average molecular weight is 310 g/mol. The SMILES string of the molecule is CN(Cc1nccn1C)C(=O)CCCNC(=O)OC(C)(C)C. The van der Waals surface area contributed by atoms with Crippen molar-refractivity contribution in [2.24, 2.45) is 7.05 Å². The van der Waals surface area contributed by atoms with E-state index in [-0.39, 0.29) is 5.91 Å². The molecule has 0 bridgehead atoms. The fourth-order valence-electron chi connectivity index (χ4n) is 1.78. The van der Waals surface area contributed by atoms with Crippen molar-refractivity contribution in [3.63, 3.8) is 0 Å². The topological polar surface area (TPSA) is 76.5 Å². The average Bonchev–Trinajstić information content (AvgIpc) is 2.78. The van der Waals surface area contributed by atoms with E-state index in [0.29, 0.717) is 25.9 Å². The summed E-state index contributed by atoms with van der Waals surface area (Å²) in [5.74, 6) is 0.858. The normalized spacial score (nSPS) is 11.1. The third-order valence-electron chi connectivity index (χ3n) is 2.96. The Labute approximate surface area is 131 Å². The van der Waals surface area contributed by atoms with Gasteiger partial charge in [-0.1, -0.05) is 0 Å². The quantitative estimate of drug-likeness (QED) is 0.811. The second kappa shape index (κ2) is 7.82. The van der Waals surface area contributed by atoms with Gasteiger partial charge in [-0.2, -0.15) is 0 Å². The summed E-state index contributed by atoms with van der Waals surface area (Å²) in [7, 11) is 3.64. The summed E-state index contributed by atoms with van der Waals surface area (Å²) in [6.45, 7) is 6.31. The minimum atomic E-state index is -0.512. The number of aromatic nitrogens is 2. The van der Waals surface area contributed by atoms with Gasteiger partial charge in [0.15, 0.2) is 0 Å². The van der Waals surface area contributed by atoms with Gasteiger partial charge in [0.05, 0.1) is 6.54 Å². The van der Waals surface area contributed by atoms with E-state index in [1.165, 1.54) is 0 Å². The number of amides is 2. The summed E-state index contributed by atoms with van der Waals surface area (Å²) in [6.07, 6.45) is 4.04. The lowest BCUT2D eigenvalue weighted by atomic mass is 10.2. The summed E-state index contributed by atoms with van der Waals surface area (Å²) in [5.41, 5.74) is -0.512. The molecular formula is C15H26N4O3. The van der Waals surface area contributed by atoms with Crippen LogP contribution < -0.4 is 5.32 Å². The molecule has 1 aromatic heterocycles. The molecule has 0 aliphatic rings. The number of nitrogens with one attached hydrogen (secondary N) is 1. The molecule has 0 unspecified atom stereocenters. The monoisotopic (exact) mass is 310 g/mol. The maximum atomic E-state index is 12.0. The lowest BCUT2D eigenvalue weighted by Gasteiger charge is -2.20. The van der Waals surface area contributed by atoms with Gasteiger partial charge in [-0.05, 0) is 27.2 Å². The number of hydrogen-bond donors (Lipinski definition) is 1. The second-order valence-electron chi connectivity index (χ2n) is 6.24. The number of ether oxygens (including phenoxy) is 1. The molecule has 7 nitrogen and oxygen atoms in total. The van der Waals surface area contributed by atoms with Crippen molar-refractivity contribution in [3.05, 3.63) is 18.2 Å². The number of aryl methyl sites for hydroxylation is 1. The molecule has 124 valence electrons. The number of carbonyl (C=O) groups is 2. The van der Waals surface area contributed by atoms with Crippen LogP contribution in [0, 0.1) is 0 Å². The Morgan fingerprint density at radius 1 is 1.41 bits per heavy atom. The molecule has 0 atom stereocenters. The van der Waals surface area contributed by atoms with Crippen LogP contribution in [0.4, 0.5) is 4.79 Å². The minimum Gasteiger partial charge on any atom is -0.444 e. The van der Waals surface area contributed by atoms with Crippen LogP contribution in [0.5, 0.6) is 0 Å². The summed E-state index contributed by atoms with van der Waals surface area (Å²) >= 11 is 0. The number of carbonyl (C=O) groups excluding carboxylic acids is 2. The van der Waals surface area contributed by atoms with Crippen LogP contribution in [0.3, 0.4) is 0 Å². The molecule has 0 fully saturated rings. The molecule has 0 saturated carbocycles. The van der Waals surface area contributed by atoms with E-state index < -0.39 is 11.7 Å². The van der Waals surface area contributed by atoms with Gasteiger partial charge in [0.1, 0.15) is 11.4 Å². The summed E-state index contributed by atoms with van der Waals surface area (Å²) in [6, 6.07) is 0. The zero-order valence-electron chi connectivity index (χ0n) is 14.0. The Kier molecular flexibility index (Phi) is 6.39. The van der Waals surface area contributed by atoms with Gasteiger partial charge in [-0.15, -0.1) is 0 Å². The van der Waals surface area contributed by atoms with E-state index in [0.717, 1.165) is 5.82 Å². The van der Waals surface area contributed by atoms with Gasteiger partial charge in [0.2, 0.25) is 5.91 Å². The lowest BCUT2D eigenvalue weighted by molar-refractivity contribution is -0.130. The number of imidazole rings is 1. The van der Waals surface area contributed by atoms with E-state index in [1.807, 2.05) is 38.6 Å². The maximum Gasteiger partial charge on any atom is 0.407 e. The number of hydrogen-bond acceptors (Lipinski definition) is 4. The number of rotatable bonds is 6. The Balaban J connectivity index is 2.23. The smallest absolute Gasteiger partial charge is 0.407 e. The van der Waals surface area contributed by atoms with Crippen molar-refractivity contribution in [2.75, 3.05) is 13.6 Å². The Morgan fingerprint density at radius 3 is 2.64 bits per heavy atom. The van der Waals surface area contributed by atoms with Gasteiger partial charge in [-0.25, -0.2) is 9.78 Å². The predicted molar refractivity (Wildman–Crippen MR) is 83.2 cm³/mol. The first kappa shape index (κ1) is 18.0. The lowest BCUT2D eigenvalue weighted by Crippen LogP contribution is -2.33. The molecule has 2 amide bonds. The first-order chi connectivity index (χ1) is 10.2. The van der Waals surface area contributed by atoms with E-state index in [1.54, 1.807) is 18.1 Å². The Bertz CT molecular complexity index is 505. The van der Waals surface area contributed by atoms with Gasteiger partial charge in [-0.3, -0.25) is 4.79 Å². The molecule has 0 aliphatic heterocycles. The minimum absolute atomic E-state index is 0.0222. The first-order valence-electron chi connectivity index (χ1n) is 7.36. The molecule has 0 aliphatic carbocycles. The highest BCUT2D eigenvalue weighted by atomic mass is 16.6. The highest BCUT2D eigenvalue weighted by Crippen LogP contribution is 2.06. The fourth-order valence-corrected chi connectivity index (χ4v) is 1.78. The van der Waals surface area contributed by atoms with Crippen molar-refractivity contribution in [1.82, 2.24) is 19.8 Å². The van der Waals surface area contributed by atoms with Crippen LogP contribution in [-0.2, 0) is 23.1 Å². The van der Waals surface area contributed by atoms with Gasteiger partial charge < -0.3 is 19.5 Å². The molecule has 1 N–H and O–H groups in total. The molecule has 1 aromatic rings. The van der Waals surface area contributed by atoms with Crippen LogP contribution in [0.25, 0.3) is 0 Å². The Hall–Kier alpha value is -2.05. The molecule has 1 rings (SSSR count). The number of nitrogens with zero attached hydrogens (tertiary/aromatic N) is 3. The van der Waals surface area contributed by atoms with Crippen molar-refractivity contribution >= 4 is 12.0 Å². The molecule has 1 heterocycles. The van der Waals surface area contributed by atoms with Gasteiger partial charge in [0, 0.05) is 39.5 Å². The predicted octanol–water partition coefficient (Wildman–Crippen LogP) is 1.68. The standard InChI is InChI=1S/C15H26N4O3/c1-15(2,3)22-14(21)17-8-6-7-13(20)19(5)11-12-16-9-10-18(12)4/h9-10H,6-8,11H2,1-5H3,(H,17,21). The third kappa shape index (κ3) is 6.60. The fraction of sp³-hybridized carbons (Fsp3) is 0.667. The van der Waals surface area contributed by atoms with Crippen molar-refractivity contribution in [2.45, 2.75) is 45.8 Å². The van der Waals surface area contributed by atoms with Crippen LogP contribution in [-0.4, -0.2) is 45.6 Å². The third-order valence-corrected chi connectivity index (χ3v) is 2.96. The summed E-state index contributed by atoms with van der Waals surface area (Å²) in [5, 5.41) is 2.64. The van der Waals surface area contributed by atoms with Gasteiger partial charge >= 0.3 is 6.09 Å². The highest BCUT2D eigenvalue weighted by Gasteiger charge is 2.16. The van der Waals surface area contributed by atoms with Crippen molar-refractivity contribution in [1.29, 1.82) is 0 Å². The van der Waals surface area contributed by atoms with Crippen LogP contribution in [0.15, 0.2) is 12.4 Å². The zero-order chi connectivity index (χ0) is 16.8. The second-order valence-corrected chi connectivity index (χ2v) is 6.24. The molecule has 0 saturated heterocycles. The molecule has 0 aromatic carbocycles. The highest BCUT2D eigenvalue weighted by molar-refractivity contribution is 5.75. The molecule has 22 heavy (non-hydrogen) atoms. The molecule has 0 spiro atoms. The van der Waals surface area contributed by atoms with Crippen LogP contribution >= 0.6 is 0 Å². The van der Waals surface area contributed by atoms with Crippen molar-refractivity contribution in [3.8, 4) is 0 Å². The summed E-state index contributed by atoms with van der Waals surface area (Å²) < 4.78 is 7.00. The van der Waals surface area contributed by atoms with E-state index in [4.69, 9.17) is 4.74 Å². The molecule has 7 heteroatoms. The number of alkyl carbamates (subject to hydrolysis) is 1. The van der Waals surface area contributed by atoms with E-state index >= 15 is 0 Å². The molecular weight excluding hydrogens is 284 g/mol. The zero-order valence-corrected chi connectivity index (χ0v) is 14.0. The van der Waals surface area contributed by atoms with Crippen LogP contribution in [0.2, 0.25) is 0 Å². The first-order valence-corrected chi connectivity index (χ1v) is 7.36. The van der Waals surface area contributed by atoms with E-state index in [2.05, 4.69) is 10.3 Å². The van der Waals surface area contributed by atoms with Crippen molar-refractivity contribution < 1.29 is 14.3 Å². The largest absolute Gasteiger partial charge is 0.444 e. The molecule has 0 radical (unpaired) electrons.